The molecule has 0 spiro atoms. The first-order valence-corrected chi connectivity index (χ1v) is 12.3. The van der Waals surface area contributed by atoms with Crippen LogP contribution in [0.25, 0.3) is 0 Å². The minimum Gasteiger partial charge on any atom is -0.379 e. The van der Waals surface area contributed by atoms with Gasteiger partial charge in [-0.05, 0) is 36.8 Å². The monoisotopic (exact) mass is 488 g/mol. The third-order valence-corrected chi connectivity index (χ3v) is 7.97. The third-order valence-electron chi connectivity index (χ3n) is 4.87. The van der Waals surface area contributed by atoms with Gasteiger partial charge in [0, 0.05) is 18.8 Å². The lowest BCUT2D eigenvalue weighted by molar-refractivity contribution is -0.137. The van der Waals surface area contributed by atoms with Crippen molar-refractivity contribution in [1.82, 2.24) is 4.31 Å². The van der Waals surface area contributed by atoms with Crippen molar-refractivity contribution in [2.75, 3.05) is 31.6 Å². The van der Waals surface area contributed by atoms with Gasteiger partial charge < -0.3 is 10.1 Å². The van der Waals surface area contributed by atoms with Gasteiger partial charge in [0.05, 0.1) is 34.6 Å². The SMILES string of the molecule is CC(SCc1cccc(S(=O)(=O)N2CCOCC2)c1)C(=O)Nc1ccccc1C(F)(F)F. The van der Waals surface area contributed by atoms with Crippen LogP contribution in [-0.2, 0) is 31.5 Å². The molecule has 3 rings (SSSR count). The van der Waals surface area contributed by atoms with Gasteiger partial charge in [0.25, 0.3) is 0 Å². The lowest BCUT2D eigenvalue weighted by Gasteiger charge is -2.26. The molecule has 0 aromatic heterocycles. The Bertz CT molecular complexity index is 1060. The van der Waals surface area contributed by atoms with Crippen LogP contribution in [0.15, 0.2) is 53.4 Å². The number of anilines is 1. The van der Waals surface area contributed by atoms with Gasteiger partial charge in [-0.25, -0.2) is 8.42 Å². The van der Waals surface area contributed by atoms with E-state index in [9.17, 15) is 26.4 Å². The number of sulfonamides is 1. The molecule has 1 heterocycles. The van der Waals surface area contributed by atoms with Crippen molar-refractivity contribution in [3.05, 3.63) is 59.7 Å². The number of nitrogens with one attached hydrogen (secondary N) is 1. The average molecular weight is 489 g/mol. The topological polar surface area (TPSA) is 75.7 Å². The molecule has 0 radical (unpaired) electrons. The highest BCUT2D eigenvalue weighted by molar-refractivity contribution is 7.99. The number of amides is 1. The van der Waals surface area contributed by atoms with E-state index in [0.717, 1.165) is 6.07 Å². The molecule has 2 aromatic carbocycles. The van der Waals surface area contributed by atoms with Gasteiger partial charge in [0.1, 0.15) is 0 Å². The van der Waals surface area contributed by atoms with Crippen LogP contribution < -0.4 is 5.32 Å². The summed E-state index contributed by atoms with van der Waals surface area (Å²) in [6, 6.07) is 11.2. The van der Waals surface area contributed by atoms with Crippen LogP contribution in [0.2, 0.25) is 0 Å². The first-order valence-electron chi connectivity index (χ1n) is 9.84. The Balaban J connectivity index is 1.64. The van der Waals surface area contributed by atoms with Crippen LogP contribution in [0, 0.1) is 0 Å². The van der Waals surface area contributed by atoms with E-state index in [-0.39, 0.29) is 23.7 Å². The van der Waals surface area contributed by atoms with Crippen LogP contribution in [0.4, 0.5) is 18.9 Å². The second kappa shape index (κ2) is 10.2. The minimum absolute atomic E-state index is 0.161. The molecule has 1 atom stereocenters. The molecule has 1 aliphatic heterocycles. The number of nitrogens with zero attached hydrogens (tertiary/aromatic N) is 1. The van der Waals surface area contributed by atoms with Crippen molar-refractivity contribution in [3.63, 3.8) is 0 Å². The Labute approximate surface area is 189 Å². The quantitative estimate of drug-likeness (QED) is 0.638. The highest BCUT2D eigenvalue weighted by Gasteiger charge is 2.34. The molecule has 0 bridgehead atoms. The molecule has 2 aromatic rings. The van der Waals surface area contributed by atoms with Gasteiger partial charge in [-0.1, -0.05) is 24.3 Å². The smallest absolute Gasteiger partial charge is 0.379 e. The number of benzene rings is 2. The molecule has 1 aliphatic rings. The van der Waals surface area contributed by atoms with Gasteiger partial charge in [0.15, 0.2) is 0 Å². The molecule has 32 heavy (non-hydrogen) atoms. The van der Waals surface area contributed by atoms with Crippen LogP contribution in [0.1, 0.15) is 18.1 Å². The summed E-state index contributed by atoms with van der Waals surface area (Å²) in [6.07, 6.45) is -4.58. The number of halogens is 3. The van der Waals surface area contributed by atoms with Crippen molar-refractivity contribution in [3.8, 4) is 0 Å². The molecule has 6 nitrogen and oxygen atoms in total. The maximum absolute atomic E-state index is 13.1. The number of hydrogen-bond donors (Lipinski definition) is 1. The van der Waals surface area contributed by atoms with Gasteiger partial charge >= 0.3 is 6.18 Å². The molecule has 1 saturated heterocycles. The number of para-hydroxylation sites is 1. The Morgan fingerprint density at radius 1 is 1.16 bits per heavy atom. The molecular weight excluding hydrogens is 465 g/mol. The fraction of sp³-hybridized carbons (Fsp3) is 0.381. The predicted octanol–water partition coefficient (Wildman–Crippen LogP) is 3.99. The van der Waals surface area contributed by atoms with Crippen LogP contribution in [0.3, 0.4) is 0 Å². The Hall–Kier alpha value is -2.08. The number of rotatable bonds is 7. The summed E-state index contributed by atoms with van der Waals surface area (Å²) in [4.78, 5) is 12.6. The summed E-state index contributed by atoms with van der Waals surface area (Å²) >= 11 is 1.20. The van der Waals surface area contributed by atoms with Gasteiger partial charge in [-0.2, -0.15) is 17.5 Å². The van der Waals surface area contributed by atoms with E-state index in [1.54, 1.807) is 25.1 Å². The maximum atomic E-state index is 13.1. The molecule has 0 saturated carbocycles. The first kappa shape index (κ1) is 24.6. The number of hydrogen-bond acceptors (Lipinski definition) is 5. The molecule has 174 valence electrons. The summed E-state index contributed by atoms with van der Waals surface area (Å²) in [5.74, 6) is -0.245. The number of thioether (sulfide) groups is 1. The Morgan fingerprint density at radius 3 is 2.53 bits per heavy atom. The van der Waals surface area contributed by atoms with E-state index >= 15 is 0 Å². The zero-order valence-corrected chi connectivity index (χ0v) is 18.9. The van der Waals surface area contributed by atoms with Gasteiger partial charge in [0.2, 0.25) is 15.9 Å². The summed E-state index contributed by atoms with van der Waals surface area (Å²) in [5, 5.41) is 1.68. The summed E-state index contributed by atoms with van der Waals surface area (Å²) < 4.78 is 71.6. The van der Waals surface area contributed by atoms with Gasteiger partial charge in [-0.3, -0.25) is 4.79 Å². The third kappa shape index (κ3) is 6.03. The molecule has 1 fully saturated rings. The fourth-order valence-corrected chi connectivity index (χ4v) is 5.41. The van der Waals surface area contributed by atoms with Crippen LogP contribution in [0.5, 0.6) is 0 Å². The molecule has 11 heteroatoms. The molecular formula is C21H23F3N2O4S2. The lowest BCUT2D eigenvalue weighted by Crippen LogP contribution is -2.40. The fourth-order valence-electron chi connectivity index (χ4n) is 3.10. The number of alkyl halides is 3. The van der Waals surface area contributed by atoms with E-state index in [2.05, 4.69) is 5.32 Å². The summed E-state index contributed by atoms with van der Waals surface area (Å²) in [5.41, 5.74) is -0.512. The minimum atomic E-state index is -4.58. The van der Waals surface area contributed by atoms with Crippen molar-refractivity contribution in [1.29, 1.82) is 0 Å². The van der Waals surface area contributed by atoms with Crippen molar-refractivity contribution < 1.29 is 31.1 Å². The second-order valence-electron chi connectivity index (χ2n) is 7.15. The summed E-state index contributed by atoms with van der Waals surface area (Å²) in [6.45, 7) is 2.86. The van der Waals surface area contributed by atoms with E-state index in [4.69, 9.17) is 4.74 Å². The normalized spacial score (nSPS) is 16.5. The standard InChI is InChI=1S/C21H23F3N2O4S2/c1-15(20(27)25-19-8-3-2-7-18(19)21(22,23)24)31-14-16-5-4-6-17(13-16)32(28,29)26-9-11-30-12-10-26/h2-8,13,15H,9-12,14H2,1H3,(H,25,27). The van der Waals surface area contributed by atoms with E-state index < -0.39 is 32.9 Å². The highest BCUT2D eigenvalue weighted by Crippen LogP contribution is 2.35. The first-order chi connectivity index (χ1) is 15.1. The number of morpholine rings is 1. The number of carbonyl (C=O) groups is 1. The van der Waals surface area contributed by atoms with Crippen LogP contribution in [-0.4, -0.2) is 50.2 Å². The largest absolute Gasteiger partial charge is 0.418 e. The second-order valence-corrected chi connectivity index (χ2v) is 10.4. The molecule has 1 amide bonds. The zero-order chi connectivity index (χ0) is 23.4. The van der Waals surface area contributed by atoms with E-state index in [0.29, 0.717) is 24.5 Å². The molecule has 0 aliphatic carbocycles. The van der Waals surface area contributed by atoms with Crippen LogP contribution >= 0.6 is 11.8 Å². The van der Waals surface area contributed by atoms with Crippen molar-refractivity contribution in [2.45, 2.75) is 29.0 Å². The molecule has 1 N–H and O–H groups in total. The molecule has 1 unspecified atom stereocenters. The van der Waals surface area contributed by atoms with Gasteiger partial charge in [-0.15, -0.1) is 11.8 Å². The zero-order valence-electron chi connectivity index (χ0n) is 17.3. The highest BCUT2D eigenvalue weighted by atomic mass is 32.2. The Morgan fingerprint density at radius 2 is 1.84 bits per heavy atom. The van der Waals surface area contributed by atoms with Crippen molar-refractivity contribution in [2.24, 2.45) is 0 Å². The lowest BCUT2D eigenvalue weighted by atomic mass is 10.1. The Kier molecular flexibility index (Phi) is 7.86. The number of carbonyl (C=O) groups excluding carboxylic acids is 1. The summed E-state index contributed by atoms with van der Waals surface area (Å²) in [7, 11) is -3.64. The van der Waals surface area contributed by atoms with E-state index in [1.165, 1.54) is 40.3 Å². The number of ether oxygens (including phenoxy) is 1. The van der Waals surface area contributed by atoms with Crippen molar-refractivity contribution >= 4 is 33.4 Å². The van der Waals surface area contributed by atoms with E-state index in [1.807, 2.05) is 0 Å². The maximum Gasteiger partial charge on any atom is 0.418 e. The predicted molar refractivity (Wildman–Crippen MR) is 117 cm³/mol. The average Bonchev–Trinajstić information content (AvgIpc) is 2.78.